The number of benzene rings is 1. The zero-order valence-corrected chi connectivity index (χ0v) is 10.3. The van der Waals surface area contributed by atoms with Gasteiger partial charge in [-0.1, -0.05) is 12.1 Å². The lowest BCUT2D eigenvalue weighted by Crippen LogP contribution is -2.01. The van der Waals surface area contributed by atoms with Crippen LogP contribution in [0.3, 0.4) is 0 Å². The van der Waals surface area contributed by atoms with Crippen LogP contribution in [0.15, 0.2) is 61.2 Å². The molecule has 0 aliphatic rings. The molecule has 0 radical (unpaired) electrons. The zero-order valence-electron chi connectivity index (χ0n) is 10.3. The summed E-state index contributed by atoms with van der Waals surface area (Å²) in [5.41, 5.74) is 2.10. The fourth-order valence-corrected chi connectivity index (χ4v) is 1.99. The summed E-state index contributed by atoms with van der Waals surface area (Å²) in [6, 6.07) is 11.1. The summed E-state index contributed by atoms with van der Waals surface area (Å²) in [7, 11) is 0. The standard InChI is InChI=1S/C15H13N3O/c19-14-5-3-12(4-6-14)11-18-9-8-17-15(18)13-2-1-7-16-10-13/h1-10,19H,11H2. The number of imidazole rings is 1. The number of hydrogen-bond donors (Lipinski definition) is 1. The van der Waals surface area contributed by atoms with Crippen molar-refractivity contribution in [1.82, 2.24) is 14.5 Å². The summed E-state index contributed by atoms with van der Waals surface area (Å²) in [4.78, 5) is 8.49. The Labute approximate surface area is 111 Å². The number of phenolic OH excluding ortho intramolecular Hbond substituents is 1. The zero-order chi connectivity index (χ0) is 13.1. The van der Waals surface area contributed by atoms with E-state index in [0.29, 0.717) is 6.54 Å². The molecule has 0 atom stereocenters. The van der Waals surface area contributed by atoms with Gasteiger partial charge in [-0.15, -0.1) is 0 Å². The maximum Gasteiger partial charge on any atom is 0.141 e. The Morgan fingerprint density at radius 1 is 1.05 bits per heavy atom. The second-order valence-corrected chi connectivity index (χ2v) is 4.29. The first-order valence-electron chi connectivity index (χ1n) is 6.02. The third-order valence-electron chi connectivity index (χ3n) is 2.92. The van der Waals surface area contributed by atoms with Crippen LogP contribution in [-0.2, 0) is 6.54 Å². The van der Waals surface area contributed by atoms with E-state index in [1.807, 2.05) is 30.5 Å². The number of pyridine rings is 1. The maximum atomic E-state index is 9.29. The molecule has 0 aliphatic heterocycles. The molecule has 0 unspecified atom stereocenters. The Balaban J connectivity index is 1.91. The van der Waals surface area contributed by atoms with E-state index in [0.717, 1.165) is 17.0 Å². The molecule has 0 aliphatic carbocycles. The molecule has 1 N–H and O–H groups in total. The van der Waals surface area contributed by atoms with Gasteiger partial charge in [-0.05, 0) is 29.8 Å². The van der Waals surface area contributed by atoms with Crippen LogP contribution in [0.25, 0.3) is 11.4 Å². The van der Waals surface area contributed by atoms with Crippen molar-refractivity contribution >= 4 is 0 Å². The lowest BCUT2D eigenvalue weighted by molar-refractivity contribution is 0.475. The Bertz CT molecular complexity index is 659. The van der Waals surface area contributed by atoms with Gasteiger partial charge >= 0.3 is 0 Å². The van der Waals surface area contributed by atoms with Gasteiger partial charge in [-0.2, -0.15) is 0 Å². The average Bonchev–Trinajstić information content (AvgIpc) is 2.90. The molecule has 94 valence electrons. The van der Waals surface area contributed by atoms with E-state index in [4.69, 9.17) is 0 Å². The predicted molar refractivity (Wildman–Crippen MR) is 72.7 cm³/mol. The quantitative estimate of drug-likeness (QED) is 0.778. The van der Waals surface area contributed by atoms with Crippen LogP contribution in [-0.4, -0.2) is 19.6 Å². The first kappa shape index (κ1) is 11.5. The fraction of sp³-hybridized carbons (Fsp3) is 0.0667. The Hall–Kier alpha value is -2.62. The monoisotopic (exact) mass is 251 g/mol. The number of phenols is 1. The maximum absolute atomic E-state index is 9.29. The molecule has 4 nitrogen and oxygen atoms in total. The van der Waals surface area contributed by atoms with E-state index in [1.165, 1.54) is 0 Å². The average molecular weight is 251 g/mol. The van der Waals surface area contributed by atoms with Crippen molar-refractivity contribution in [2.45, 2.75) is 6.54 Å². The molecule has 19 heavy (non-hydrogen) atoms. The summed E-state index contributed by atoms with van der Waals surface area (Å²) >= 11 is 0. The highest BCUT2D eigenvalue weighted by Gasteiger charge is 2.06. The van der Waals surface area contributed by atoms with Crippen molar-refractivity contribution in [3.05, 3.63) is 66.7 Å². The molecule has 0 fully saturated rings. The largest absolute Gasteiger partial charge is 0.508 e. The van der Waals surface area contributed by atoms with Crippen molar-refractivity contribution in [2.24, 2.45) is 0 Å². The van der Waals surface area contributed by atoms with Crippen LogP contribution < -0.4 is 0 Å². The van der Waals surface area contributed by atoms with E-state index in [-0.39, 0.29) is 5.75 Å². The highest BCUT2D eigenvalue weighted by Crippen LogP contribution is 2.18. The molecule has 0 spiro atoms. The highest BCUT2D eigenvalue weighted by atomic mass is 16.3. The van der Waals surface area contributed by atoms with Gasteiger partial charge in [0.25, 0.3) is 0 Å². The smallest absolute Gasteiger partial charge is 0.141 e. The van der Waals surface area contributed by atoms with Gasteiger partial charge in [0.2, 0.25) is 0 Å². The molecule has 0 saturated heterocycles. The fourth-order valence-electron chi connectivity index (χ4n) is 1.99. The topological polar surface area (TPSA) is 50.9 Å². The third kappa shape index (κ3) is 2.47. The third-order valence-corrected chi connectivity index (χ3v) is 2.92. The van der Waals surface area contributed by atoms with Crippen LogP contribution >= 0.6 is 0 Å². The number of aromatic nitrogens is 3. The summed E-state index contributed by atoms with van der Waals surface area (Å²) in [6.45, 7) is 0.713. The van der Waals surface area contributed by atoms with Crippen LogP contribution in [0.2, 0.25) is 0 Å². The van der Waals surface area contributed by atoms with E-state index in [2.05, 4.69) is 14.5 Å². The second-order valence-electron chi connectivity index (χ2n) is 4.29. The highest BCUT2D eigenvalue weighted by molar-refractivity contribution is 5.53. The van der Waals surface area contributed by atoms with Gasteiger partial charge in [-0.3, -0.25) is 4.98 Å². The Kier molecular flexibility index (Phi) is 2.98. The van der Waals surface area contributed by atoms with Crippen molar-refractivity contribution < 1.29 is 5.11 Å². The number of aromatic hydroxyl groups is 1. The van der Waals surface area contributed by atoms with Crippen molar-refractivity contribution in [1.29, 1.82) is 0 Å². The normalized spacial score (nSPS) is 10.5. The van der Waals surface area contributed by atoms with E-state index >= 15 is 0 Å². The Morgan fingerprint density at radius 2 is 1.89 bits per heavy atom. The number of nitrogens with zero attached hydrogens (tertiary/aromatic N) is 3. The minimum Gasteiger partial charge on any atom is -0.508 e. The molecular formula is C15H13N3O. The molecule has 0 amide bonds. The van der Waals surface area contributed by atoms with E-state index < -0.39 is 0 Å². The summed E-state index contributed by atoms with van der Waals surface area (Å²) in [6.07, 6.45) is 7.27. The van der Waals surface area contributed by atoms with Crippen LogP contribution in [0.4, 0.5) is 0 Å². The molecule has 4 heteroatoms. The van der Waals surface area contributed by atoms with E-state index in [9.17, 15) is 5.11 Å². The van der Waals surface area contributed by atoms with Crippen LogP contribution in [0, 0.1) is 0 Å². The van der Waals surface area contributed by atoms with Crippen molar-refractivity contribution in [3.8, 4) is 17.1 Å². The number of rotatable bonds is 3. The van der Waals surface area contributed by atoms with Gasteiger partial charge in [0, 0.05) is 36.9 Å². The van der Waals surface area contributed by atoms with Crippen molar-refractivity contribution in [2.75, 3.05) is 0 Å². The van der Waals surface area contributed by atoms with Crippen LogP contribution in [0.5, 0.6) is 5.75 Å². The van der Waals surface area contributed by atoms with Gasteiger partial charge in [0.05, 0.1) is 0 Å². The molecule has 2 aromatic heterocycles. The van der Waals surface area contributed by atoms with Gasteiger partial charge in [0.1, 0.15) is 11.6 Å². The summed E-state index contributed by atoms with van der Waals surface area (Å²) < 4.78 is 2.06. The summed E-state index contributed by atoms with van der Waals surface area (Å²) in [5, 5.41) is 9.29. The molecule has 0 saturated carbocycles. The SMILES string of the molecule is Oc1ccc(Cn2ccnc2-c2cccnc2)cc1. The van der Waals surface area contributed by atoms with Crippen molar-refractivity contribution in [3.63, 3.8) is 0 Å². The summed E-state index contributed by atoms with van der Waals surface area (Å²) in [5.74, 6) is 1.17. The second kappa shape index (κ2) is 4.94. The Morgan fingerprint density at radius 3 is 2.63 bits per heavy atom. The molecule has 3 aromatic rings. The molecular weight excluding hydrogens is 238 g/mol. The molecule has 3 rings (SSSR count). The molecule has 0 bridgehead atoms. The van der Waals surface area contributed by atoms with Gasteiger partial charge in [0.15, 0.2) is 0 Å². The van der Waals surface area contributed by atoms with E-state index in [1.54, 1.807) is 30.7 Å². The minimum atomic E-state index is 0.280. The minimum absolute atomic E-state index is 0.280. The van der Waals surface area contributed by atoms with Gasteiger partial charge < -0.3 is 9.67 Å². The molecule has 2 heterocycles. The first-order valence-corrected chi connectivity index (χ1v) is 6.02. The first-order chi connectivity index (χ1) is 9.33. The molecule has 1 aromatic carbocycles. The van der Waals surface area contributed by atoms with Gasteiger partial charge in [-0.25, -0.2) is 4.98 Å². The number of hydrogen-bond acceptors (Lipinski definition) is 3. The predicted octanol–water partition coefficient (Wildman–Crippen LogP) is 2.70. The lowest BCUT2D eigenvalue weighted by atomic mass is 10.2. The van der Waals surface area contributed by atoms with Crippen LogP contribution in [0.1, 0.15) is 5.56 Å². The lowest BCUT2D eigenvalue weighted by Gasteiger charge is -2.08.